The predicted molar refractivity (Wildman–Crippen MR) is 81.8 cm³/mol. The third kappa shape index (κ3) is 3.32. The lowest BCUT2D eigenvalue weighted by molar-refractivity contribution is 0.0734. The maximum Gasteiger partial charge on any atom is 0.343 e. The van der Waals surface area contributed by atoms with E-state index in [1.807, 2.05) is 6.92 Å². The fourth-order valence-corrected chi connectivity index (χ4v) is 2.30. The fraction of sp³-hybridized carbons (Fsp3) is 0.133. The second-order valence-corrected chi connectivity index (χ2v) is 5.41. The number of rotatable bonds is 3. The quantitative estimate of drug-likeness (QED) is 0.594. The van der Waals surface area contributed by atoms with E-state index in [4.69, 9.17) is 21.1 Å². The van der Waals surface area contributed by atoms with E-state index < -0.39 is 5.97 Å². The summed E-state index contributed by atoms with van der Waals surface area (Å²) < 4.78 is 11.1. The molecule has 0 fully saturated rings. The lowest BCUT2D eigenvalue weighted by Crippen LogP contribution is -2.08. The highest BCUT2D eigenvalue weighted by Crippen LogP contribution is 2.27. The monoisotopic (exact) mass is 354 g/mol. The van der Waals surface area contributed by atoms with E-state index in [0.717, 1.165) is 5.56 Å². The van der Waals surface area contributed by atoms with Gasteiger partial charge in [-0.1, -0.05) is 11.6 Å². The molecular formula is C15H12BrClO3. The smallest absolute Gasteiger partial charge is 0.343 e. The Morgan fingerprint density at radius 3 is 2.55 bits per heavy atom. The molecule has 0 unspecified atom stereocenters. The molecule has 0 aliphatic rings. The van der Waals surface area contributed by atoms with Crippen molar-refractivity contribution in [3.8, 4) is 11.5 Å². The topological polar surface area (TPSA) is 35.5 Å². The number of aryl methyl sites for hydroxylation is 1. The molecule has 0 bridgehead atoms. The van der Waals surface area contributed by atoms with Crippen molar-refractivity contribution in [1.82, 2.24) is 0 Å². The van der Waals surface area contributed by atoms with Crippen LogP contribution in [-0.4, -0.2) is 13.1 Å². The van der Waals surface area contributed by atoms with Gasteiger partial charge >= 0.3 is 5.97 Å². The summed E-state index contributed by atoms with van der Waals surface area (Å²) in [6.45, 7) is 1.85. The van der Waals surface area contributed by atoms with Crippen LogP contribution in [0.5, 0.6) is 11.5 Å². The Bertz CT molecular complexity index is 656. The zero-order valence-corrected chi connectivity index (χ0v) is 13.3. The Labute approximate surface area is 130 Å². The normalized spacial score (nSPS) is 10.2. The molecule has 3 nitrogen and oxygen atoms in total. The highest BCUT2D eigenvalue weighted by molar-refractivity contribution is 9.10. The minimum absolute atomic E-state index is 0.435. The number of carbonyl (C=O) groups is 1. The van der Waals surface area contributed by atoms with Crippen LogP contribution in [0.15, 0.2) is 40.9 Å². The first-order chi connectivity index (χ1) is 9.51. The van der Waals surface area contributed by atoms with Gasteiger partial charge < -0.3 is 9.47 Å². The third-order valence-electron chi connectivity index (χ3n) is 2.73. The molecule has 0 atom stereocenters. The molecule has 0 saturated heterocycles. The number of benzene rings is 2. The van der Waals surface area contributed by atoms with Crippen molar-refractivity contribution in [3.63, 3.8) is 0 Å². The number of methoxy groups -OCH3 is 1. The van der Waals surface area contributed by atoms with E-state index >= 15 is 0 Å². The van der Waals surface area contributed by atoms with Gasteiger partial charge in [0.25, 0.3) is 0 Å². The number of hydrogen-bond acceptors (Lipinski definition) is 3. The second-order valence-electron chi connectivity index (χ2n) is 4.15. The first kappa shape index (κ1) is 14.9. The standard InChI is InChI=1S/C15H12BrClO3/c1-9-7-11(4-5-13(9)17)20-15(18)10-3-6-14(19-2)12(16)8-10/h3-8H,1-2H3. The average Bonchev–Trinajstić information content (AvgIpc) is 2.42. The maximum absolute atomic E-state index is 12.0. The summed E-state index contributed by atoms with van der Waals surface area (Å²) in [6.07, 6.45) is 0. The van der Waals surface area contributed by atoms with E-state index in [2.05, 4.69) is 15.9 Å². The summed E-state index contributed by atoms with van der Waals surface area (Å²) >= 11 is 9.26. The Morgan fingerprint density at radius 1 is 1.20 bits per heavy atom. The van der Waals surface area contributed by atoms with Gasteiger partial charge in [0.1, 0.15) is 11.5 Å². The van der Waals surface area contributed by atoms with E-state index in [-0.39, 0.29) is 0 Å². The van der Waals surface area contributed by atoms with Crippen LogP contribution < -0.4 is 9.47 Å². The van der Waals surface area contributed by atoms with Gasteiger partial charge in [0.2, 0.25) is 0 Å². The summed E-state index contributed by atoms with van der Waals surface area (Å²) in [5.41, 5.74) is 1.29. The molecule has 104 valence electrons. The minimum atomic E-state index is -0.435. The highest BCUT2D eigenvalue weighted by atomic mass is 79.9. The Kier molecular flexibility index (Phi) is 4.68. The Hall–Kier alpha value is -1.52. The van der Waals surface area contributed by atoms with Crippen molar-refractivity contribution in [3.05, 3.63) is 57.0 Å². The Balaban J connectivity index is 2.19. The van der Waals surface area contributed by atoms with Crippen LogP contribution in [0, 0.1) is 6.92 Å². The summed E-state index contributed by atoms with van der Waals surface area (Å²) in [5, 5.41) is 0.636. The van der Waals surface area contributed by atoms with Gasteiger partial charge in [0, 0.05) is 5.02 Å². The van der Waals surface area contributed by atoms with E-state index in [9.17, 15) is 4.79 Å². The zero-order valence-electron chi connectivity index (χ0n) is 10.9. The van der Waals surface area contributed by atoms with Crippen LogP contribution in [0.25, 0.3) is 0 Å². The van der Waals surface area contributed by atoms with E-state index in [1.54, 1.807) is 43.5 Å². The number of carbonyl (C=O) groups excluding carboxylic acids is 1. The van der Waals surface area contributed by atoms with Crippen molar-refractivity contribution < 1.29 is 14.3 Å². The third-order valence-corrected chi connectivity index (χ3v) is 3.77. The molecule has 0 radical (unpaired) electrons. The molecule has 0 N–H and O–H groups in total. The molecule has 0 aromatic heterocycles. The van der Waals surface area contributed by atoms with Crippen molar-refractivity contribution in [2.24, 2.45) is 0 Å². The SMILES string of the molecule is COc1ccc(C(=O)Oc2ccc(Cl)c(C)c2)cc1Br. The second kappa shape index (κ2) is 6.29. The number of halogens is 2. The van der Waals surface area contributed by atoms with E-state index in [0.29, 0.717) is 26.6 Å². The van der Waals surface area contributed by atoms with Gasteiger partial charge in [-0.15, -0.1) is 0 Å². The fourth-order valence-electron chi connectivity index (χ4n) is 1.64. The summed E-state index contributed by atoms with van der Waals surface area (Å²) in [6, 6.07) is 10.1. The van der Waals surface area contributed by atoms with Crippen LogP contribution in [0.3, 0.4) is 0 Å². The van der Waals surface area contributed by atoms with Crippen molar-refractivity contribution >= 4 is 33.5 Å². The van der Waals surface area contributed by atoms with Crippen molar-refractivity contribution in [2.45, 2.75) is 6.92 Å². The number of esters is 1. The van der Waals surface area contributed by atoms with Gasteiger partial charge in [-0.05, 0) is 64.8 Å². The predicted octanol–water partition coefficient (Wildman–Crippen LogP) is 4.64. The molecule has 0 spiro atoms. The average molecular weight is 356 g/mol. The van der Waals surface area contributed by atoms with Crippen LogP contribution in [0.1, 0.15) is 15.9 Å². The molecule has 0 amide bonds. The molecule has 0 heterocycles. The molecule has 5 heteroatoms. The summed E-state index contributed by atoms with van der Waals surface area (Å²) in [7, 11) is 1.56. The van der Waals surface area contributed by atoms with Crippen LogP contribution in [-0.2, 0) is 0 Å². The first-order valence-corrected chi connectivity index (χ1v) is 7.00. The summed E-state index contributed by atoms with van der Waals surface area (Å²) in [4.78, 5) is 12.0. The molecule has 2 aromatic rings. The molecule has 2 aromatic carbocycles. The van der Waals surface area contributed by atoms with E-state index in [1.165, 1.54) is 0 Å². The maximum atomic E-state index is 12.0. The Morgan fingerprint density at radius 2 is 1.95 bits per heavy atom. The number of hydrogen-bond donors (Lipinski definition) is 0. The van der Waals surface area contributed by atoms with Gasteiger partial charge in [0.15, 0.2) is 0 Å². The van der Waals surface area contributed by atoms with Crippen molar-refractivity contribution in [1.29, 1.82) is 0 Å². The molecule has 2 rings (SSSR count). The molecule has 0 aliphatic heterocycles. The summed E-state index contributed by atoms with van der Waals surface area (Å²) in [5.74, 6) is 0.683. The molecular weight excluding hydrogens is 344 g/mol. The van der Waals surface area contributed by atoms with Gasteiger partial charge in [-0.2, -0.15) is 0 Å². The lowest BCUT2D eigenvalue weighted by atomic mass is 10.2. The van der Waals surface area contributed by atoms with Gasteiger partial charge in [-0.3, -0.25) is 0 Å². The first-order valence-electron chi connectivity index (χ1n) is 5.83. The lowest BCUT2D eigenvalue weighted by Gasteiger charge is -2.08. The van der Waals surface area contributed by atoms with Crippen molar-refractivity contribution in [2.75, 3.05) is 7.11 Å². The van der Waals surface area contributed by atoms with Gasteiger partial charge in [0.05, 0.1) is 17.1 Å². The van der Waals surface area contributed by atoms with Crippen LogP contribution >= 0.6 is 27.5 Å². The highest BCUT2D eigenvalue weighted by Gasteiger charge is 2.11. The van der Waals surface area contributed by atoms with Crippen LogP contribution in [0.4, 0.5) is 0 Å². The van der Waals surface area contributed by atoms with Crippen LogP contribution in [0.2, 0.25) is 5.02 Å². The largest absolute Gasteiger partial charge is 0.496 e. The molecule has 0 saturated carbocycles. The van der Waals surface area contributed by atoms with Gasteiger partial charge in [-0.25, -0.2) is 4.79 Å². The molecule has 20 heavy (non-hydrogen) atoms. The minimum Gasteiger partial charge on any atom is -0.496 e. The number of ether oxygens (including phenoxy) is 2. The zero-order chi connectivity index (χ0) is 14.7. The molecule has 0 aliphatic carbocycles.